The number of H-pyrrole nitrogens is 1. The number of thiazole rings is 1. The fourth-order valence-electron chi connectivity index (χ4n) is 1.45. The lowest BCUT2D eigenvalue weighted by atomic mass is 10.4. The van der Waals surface area contributed by atoms with Gasteiger partial charge in [-0.25, -0.2) is 9.97 Å². The van der Waals surface area contributed by atoms with Crippen molar-refractivity contribution >= 4 is 22.4 Å². The maximum atomic E-state index is 4.44. The predicted octanol–water partition coefficient (Wildman–Crippen LogP) is 2.39. The van der Waals surface area contributed by atoms with E-state index in [4.69, 9.17) is 0 Å². The number of imidazole rings is 1. The summed E-state index contributed by atoms with van der Waals surface area (Å²) in [6.45, 7) is 1.98. The Morgan fingerprint density at radius 1 is 1.33 bits per heavy atom. The number of aromatic amines is 1. The fraction of sp³-hybridized carbons (Fsp3) is 0.100. The molecule has 0 amide bonds. The van der Waals surface area contributed by atoms with E-state index in [-0.39, 0.29) is 0 Å². The number of fused-ring (bicyclic) bond motifs is 1. The first kappa shape index (κ1) is 8.55. The zero-order valence-electron chi connectivity index (χ0n) is 8.06. The molecule has 0 aliphatic rings. The molecule has 0 unspecified atom stereocenters. The van der Waals surface area contributed by atoms with Crippen LogP contribution in [0.1, 0.15) is 5.01 Å². The van der Waals surface area contributed by atoms with Gasteiger partial charge in [-0.3, -0.25) is 4.98 Å². The Morgan fingerprint density at radius 2 is 2.27 bits per heavy atom. The van der Waals surface area contributed by atoms with Crippen molar-refractivity contribution in [3.63, 3.8) is 0 Å². The lowest BCUT2D eigenvalue weighted by Gasteiger charge is -1.85. The topological polar surface area (TPSA) is 54.5 Å². The Morgan fingerprint density at radius 3 is 3.00 bits per heavy atom. The second-order valence-electron chi connectivity index (χ2n) is 3.23. The highest BCUT2D eigenvalue weighted by Gasteiger charge is 2.07. The van der Waals surface area contributed by atoms with Gasteiger partial charge in [-0.05, 0) is 13.0 Å². The second-order valence-corrected chi connectivity index (χ2v) is 4.29. The van der Waals surface area contributed by atoms with Crippen LogP contribution in [0, 0.1) is 6.92 Å². The van der Waals surface area contributed by atoms with E-state index in [1.54, 1.807) is 23.7 Å². The standard InChI is InChI=1S/C10H8N4S/c1-6-12-9(5-15-6)10-13-7-2-3-11-4-8(7)14-10/h2-5H,1H3,(H,13,14). The van der Waals surface area contributed by atoms with Gasteiger partial charge in [0.1, 0.15) is 5.69 Å². The largest absolute Gasteiger partial charge is 0.335 e. The minimum Gasteiger partial charge on any atom is -0.335 e. The van der Waals surface area contributed by atoms with Crippen LogP contribution < -0.4 is 0 Å². The van der Waals surface area contributed by atoms with Crippen LogP contribution >= 0.6 is 11.3 Å². The first-order valence-electron chi connectivity index (χ1n) is 4.55. The van der Waals surface area contributed by atoms with Crippen molar-refractivity contribution in [3.05, 3.63) is 28.8 Å². The van der Waals surface area contributed by atoms with Gasteiger partial charge in [-0.1, -0.05) is 0 Å². The Kier molecular flexibility index (Phi) is 1.78. The van der Waals surface area contributed by atoms with Crippen LogP contribution in [0.4, 0.5) is 0 Å². The van der Waals surface area contributed by atoms with Crippen LogP contribution in [-0.4, -0.2) is 19.9 Å². The predicted molar refractivity (Wildman–Crippen MR) is 59.7 cm³/mol. The highest BCUT2D eigenvalue weighted by molar-refractivity contribution is 7.09. The second kappa shape index (κ2) is 3.13. The molecule has 0 saturated carbocycles. The molecule has 0 radical (unpaired) electrons. The van der Waals surface area contributed by atoms with Gasteiger partial charge in [-0.15, -0.1) is 11.3 Å². The van der Waals surface area contributed by atoms with Gasteiger partial charge in [0, 0.05) is 11.6 Å². The van der Waals surface area contributed by atoms with Crippen LogP contribution in [-0.2, 0) is 0 Å². The maximum Gasteiger partial charge on any atom is 0.158 e. The minimum atomic E-state index is 0.808. The summed E-state index contributed by atoms with van der Waals surface area (Å²) >= 11 is 1.62. The smallest absolute Gasteiger partial charge is 0.158 e. The molecule has 4 nitrogen and oxygen atoms in total. The zero-order chi connectivity index (χ0) is 10.3. The summed E-state index contributed by atoms with van der Waals surface area (Å²) < 4.78 is 0. The summed E-state index contributed by atoms with van der Waals surface area (Å²) in [5, 5.41) is 3.05. The van der Waals surface area contributed by atoms with E-state index in [1.807, 2.05) is 18.4 Å². The average Bonchev–Trinajstić information content (AvgIpc) is 2.82. The monoisotopic (exact) mass is 216 g/mol. The normalized spacial score (nSPS) is 11.0. The van der Waals surface area contributed by atoms with Crippen LogP contribution in [0.3, 0.4) is 0 Å². The van der Waals surface area contributed by atoms with Crippen molar-refractivity contribution in [3.8, 4) is 11.5 Å². The van der Waals surface area contributed by atoms with E-state index in [9.17, 15) is 0 Å². The highest BCUT2D eigenvalue weighted by Crippen LogP contribution is 2.21. The number of hydrogen-bond donors (Lipinski definition) is 1. The summed E-state index contributed by atoms with van der Waals surface area (Å²) in [6.07, 6.45) is 3.50. The summed E-state index contributed by atoms with van der Waals surface area (Å²) in [7, 11) is 0. The molecule has 3 rings (SSSR count). The maximum absolute atomic E-state index is 4.44. The van der Waals surface area contributed by atoms with E-state index in [0.717, 1.165) is 27.6 Å². The molecule has 0 aromatic carbocycles. The fourth-order valence-corrected chi connectivity index (χ4v) is 2.05. The third kappa shape index (κ3) is 1.41. The first-order valence-corrected chi connectivity index (χ1v) is 5.43. The molecular weight excluding hydrogens is 208 g/mol. The third-order valence-electron chi connectivity index (χ3n) is 2.15. The zero-order valence-corrected chi connectivity index (χ0v) is 8.88. The van der Waals surface area contributed by atoms with E-state index in [0.29, 0.717) is 0 Å². The number of hydrogen-bond acceptors (Lipinski definition) is 4. The lowest BCUT2D eigenvalue weighted by Crippen LogP contribution is -1.79. The molecule has 1 N–H and O–H groups in total. The Balaban J connectivity index is 2.19. The molecule has 3 heterocycles. The van der Waals surface area contributed by atoms with Gasteiger partial charge in [0.25, 0.3) is 0 Å². The van der Waals surface area contributed by atoms with E-state index in [2.05, 4.69) is 19.9 Å². The van der Waals surface area contributed by atoms with Gasteiger partial charge in [0.2, 0.25) is 0 Å². The van der Waals surface area contributed by atoms with Gasteiger partial charge in [-0.2, -0.15) is 0 Å². The van der Waals surface area contributed by atoms with Gasteiger partial charge in [0.15, 0.2) is 5.82 Å². The summed E-state index contributed by atoms with van der Waals surface area (Å²) in [5.74, 6) is 0.808. The van der Waals surface area contributed by atoms with E-state index < -0.39 is 0 Å². The molecule has 0 bridgehead atoms. The molecule has 74 valence electrons. The molecule has 0 atom stereocenters. The number of nitrogens with one attached hydrogen (secondary N) is 1. The summed E-state index contributed by atoms with van der Waals surface area (Å²) in [4.78, 5) is 16.1. The number of pyridine rings is 1. The molecule has 0 aliphatic carbocycles. The Labute approximate surface area is 90.0 Å². The van der Waals surface area contributed by atoms with Crippen LogP contribution in [0.2, 0.25) is 0 Å². The van der Waals surface area contributed by atoms with Crippen molar-refractivity contribution in [2.24, 2.45) is 0 Å². The van der Waals surface area contributed by atoms with Gasteiger partial charge >= 0.3 is 0 Å². The van der Waals surface area contributed by atoms with Crippen LogP contribution in [0.5, 0.6) is 0 Å². The molecule has 0 fully saturated rings. The van der Waals surface area contributed by atoms with Crippen molar-refractivity contribution in [1.82, 2.24) is 19.9 Å². The van der Waals surface area contributed by atoms with E-state index in [1.165, 1.54) is 0 Å². The highest BCUT2D eigenvalue weighted by atomic mass is 32.1. The Bertz CT molecular complexity index is 577. The van der Waals surface area contributed by atoms with Crippen molar-refractivity contribution in [2.75, 3.05) is 0 Å². The molecule has 3 aromatic rings. The number of rotatable bonds is 1. The number of aryl methyl sites for hydroxylation is 1. The average molecular weight is 216 g/mol. The number of aromatic nitrogens is 4. The molecule has 5 heteroatoms. The van der Waals surface area contributed by atoms with Crippen LogP contribution in [0.15, 0.2) is 23.8 Å². The van der Waals surface area contributed by atoms with Crippen molar-refractivity contribution < 1.29 is 0 Å². The molecular formula is C10H8N4S. The van der Waals surface area contributed by atoms with Gasteiger partial charge < -0.3 is 4.98 Å². The summed E-state index contributed by atoms with van der Waals surface area (Å²) in [5.41, 5.74) is 2.76. The van der Waals surface area contributed by atoms with Gasteiger partial charge in [0.05, 0.1) is 22.2 Å². The minimum absolute atomic E-state index is 0.808. The number of nitrogens with zero attached hydrogens (tertiary/aromatic N) is 3. The molecule has 0 aliphatic heterocycles. The SMILES string of the molecule is Cc1nc(-c2nc3ccncc3[nH]2)cs1. The van der Waals surface area contributed by atoms with Crippen molar-refractivity contribution in [2.45, 2.75) is 6.92 Å². The molecule has 0 spiro atoms. The molecule has 0 saturated heterocycles. The molecule has 15 heavy (non-hydrogen) atoms. The Hall–Kier alpha value is -1.75. The lowest BCUT2D eigenvalue weighted by molar-refractivity contribution is 1.23. The van der Waals surface area contributed by atoms with Crippen molar-refractivity contribution in [1.29, 1.82) is 0 Å². The van der Waals surface area contributed by atoms with Crippen LogP contribution in [0.25, 0.3) is 22.6 Å². The molecule has 3 aromatic heterocycles. The summed E-state index contributed by atoms with van der Waals surface area (Å²) in [6, 6.07) is 1.88. The quantitative estimate of drug-likeness (QED) is 0.679. The third-order valence-corrected chi connectivity index (χ3v) is 2.92. The first-order chi connectivity index (χ1) is 7.33. The van der Waals surface area contributed by atoms with E-state index >= 15 is 0 Å².